The summed E-state index contributed by atoms with van der Waals surface area (Å²) in [5.41, 5.74) is 2.48. The molecule has 142 valence electrons. The van der Waals surface area contributed by atoms with E-state index in [0.717, 1.165) is 20.8 Å². The number of thiophene rings is 1. The molecule has 3 heterocycles. The number of allylic oxidation sites excluding steroid dienone is 1. The lowest BCUT2D eigenvalue weighted by Crippen LogP contribution is -2.22. The van der Waals surface area contributed by atoms with Crippen LogP contribution in [0.1, 0.15) is 16.0 Å². The van der Waals surface area contributed by atoms with E-state index >= 15 is 0 Å². The fraction of sp³-hybridized carbons (Fsp3) is 0.190. The monoisotopic (exact) mass is 411 g/mol. The summed E-state index contributed by atoms with van der Waals surface area (Å²) in [5.74, 6) is 0.246. The second-order valence-electron chi connectivity index (χ2n) is 6.46. The Balaban J connectivity index is 1.78. The highest BCUT2D eigenvalue weighted by atomic mass is 32.2. The van der Waals surface area contributed by atoms with Gasteiger partial charge in [0.2, 0.25) is 0 Å². The summed E-state index contributed by atoms with van der Waals surface area (Å²) in [6, 6.07) is 6.65. The number of hydrogen-bond acceptors (Lipinski definition) is 5. The molecule has 0 amide bonds. The first-order valence-electron chi connectivity index (χ1n) is 8.77. The van der Waals surface area contributed by atoms with Crippen molar-refractivity contribution in [2.24, 2.45) is 0 Å². The Kier molecular flexibility index (Phi) is 5.03. The van der Waals surface area contributed by atoms with Crippen molar-refractivity contribution >= 4 is 44.2 Å². The third-order valence-corrected chi connectivity index (χ3v) is 6.85. The van der Waals surface area contributed by atoms with E-state index in [2.05, 4.69) is 11.6 Å². The molecule has 0 N–H and O–H groups in total. The van der Waals surface area contributed by atoms with Crippen molar-refractivity contribution in [1.29, 1.82) is 0 Å². The van der Waals surface area contributed by atoms with Crippen LogP contribution in [-0.4, -0.2) is 14.5 Å². The summed E-state index contributed by atoms with van der Waals surface area (Å²) in [4.78, 5) is 24.0. The van der Waals surface area contributed by atoms with Crippen molar-refractivity contribution in [2.75, 3.05) is 0 Å². The Morgan fingerprint density at radius 2 is 2.14 bits per heavy atom. The van der Waals surface area contributed by atoms with Crippen LogP contribution < -0.4 is 5.56 Å². The van der Waals surface area contributed by atoms with Crippen LogP contribution in [0.2, 0.25) is 0 Å². The number of aryl methyl sites for hydroxylation is 2. The molecule has 0 spiro atoms. The molecule has 0 saturated heterocycles. The van der Waals surface area contributed by atoms with Crippen LogP contribution in [0.3, 0.4) is 0 Å². The Morgan fingerprint density at radius 1 is 1.32 bits per heavy atom. The van der Waals surface area contributed by atoms with Gasteiger partial charge in [0.15, 0.2) is 5.16 Å². The van der Waals surface area contributed by atoms with Crippen molar-refractivity contribution in [3.63, 3.8) is 0 Å². The zero-order valence-electron chi connectivity index (χ0n) is 15.5. The van der Waals surface area contributed by atoms with Crippen LogP contribution in [0, 0.1) is 19.7 Å². The zero-order valence-corrected chi connectivity index (χ0v) is 17.2. The molecule has 0 fully saturated rings. The Bertz CT molecular complexity index is 1280. The van der Waals surface area contributed by atoms with E-state index in [0.29, 0.717) is 33.7 Å². The standard InChI is InChI=1S/C21H18FN3OS2/c1-4-10-25-20(26)17-12(2)13(3)28-19(17)24-21(25)27-11-14-7-8-16(22)15-6-5-9-23-18(14)15/h4-9H,1,10-11H2,2-3H3. The molecule has 0 aliphatic carbocycles. The topological polar surface area (TPSA) is 47.8 Å². The van der Waals surface area contributed by atoms with Crippen LogP contribution in [0.5, 0.6) is 0 Å². The van der Waals surface area contributed by atoms with Gasteiger partial charge in [0.05, 0.1) is 10.9 Å². The first-order valence-corrected chi connectivity index (χ1v) is 10.6. The van der Waals surface area contributed by atoms with Gasteiger partial charge in [0.1, 0.15) is 10.6 Å². The summed E-state index contributed by atoms with van der Waals surface area (Å²) in [5, 5.41) is 1.81. The van der Waals surface area contributed by atoms with Gasteiger partial charge in [-0.05, 0) is 43.2 Å². The maximum Gasteiger partial charge on any atom is 0.263 e. The molecule has 0 unspecified atom stereocenters. The molecule has 4 nitrogen and oxygen atoms in total. The van der Waals surface area contributed by atoms with E-state index in [1.807, 2.05) is 13.8 Å². The first-order chi connectivity index (χ1) is 13.5. The maximum absolute atomic E-state index is 14.0. The molecule has 0 aliphatic rings. The van der Waals surface area contributed by atoms with Gasteiger partial charge in [-0.2, -0.15) is 0 Å². The zero-order chi connectivity index (χ0) is 19.8. The molecule has 28 heavy (non-hydrogen) atoms. The van der Waals surface area contributed by atoms with Gasteiger partial charge in [0, 0.05) is 28.8 Å². The van der Waals surface area contributed by atoms with Gasteiger partial charge < -0.3 is 0 Å². The largest absolute Gasteiger partial charge is 0.283 e. The highest BCUT2D eigenvalue weighted by Crippen LogP contribution is 2.30. The quantitative estimate of drug-likeness (QED) is 0.256. The van der Waals surface area contributed by atoms with E-state index in [-0.39, 0.29) is 11.4 Å². The first kappa shape index (κ1) is 18.8. The summed E-state index contributed by atoms with van der Waals surface area (Å²) in [7, 11) is 0. The van der Waals surface area contributed by atoms with Crippen LogP contribution >= 0.6 is 23.1 Å². The molecule has 0 atom stereocenters. The van der Waals surface area contributed by atoms with Crippen LogP contribution in [0.4, 0.5) is 4.39 Å². The van der Waals surface area contributed by atoms with Gasteiger partial charge in [-0.15, -0.1) is 17.9 Å². The third-order valence-electron chi connectivity index (χ3n) is 4.72. The average Bonchev–Trinajstić information content (AvgIpc) is 2.98. The average molecular weight is 412 g/mol. The lowest BCUT2D eigenvalue weighted by atomic mass is 10.1. The fourth-order valence-electron chi connectivity index (χ4n) is 3.16. The molecule has 4 rings (SSSR count). The molecule has 4 aromatic rings. The molecule has 0 aliphatic heterocycles. The minimum absolute atomic E-state index is 0.0451. The number of halogens is 1. The van der Waals surface area contributed by atoms with Gasteiger partial charge in [0.25, 0.3) is 5.56 Å². The number of nitrogens with zero attached hydrogens (tertiary/aromatic N) is 3. The minimum Gasteiger partial charge on any atom is -0.283 e. The van der Waals surface area contributed by atoms with Crippen LogP contribution in [0.15, 0.2) is 53.1 Å². The number of hydrogen-bond donors (Lipinski definition) is 0. The molecular formula is C21H18FN3OS2. The van der Waals surface area contributed by atoms with Crippen molar-refractivity contribution < 1.29 is 4.39 Å². The predicted molar refractivity (Wildman–Crippen MR) is 115 cm³/mol. The molecule has 3 aromatic heterocycles. The van der Waals surface area contributed by atoms with E-state index in [9.17, 15) is 9.18 Å². The molecular weight excluding hydrogens is 393 g/mol. The van der Waals surface area contributed by atoms with Crippen LogP contribution in [-0.2, 0) is 12.3 Å². The lowest BCUT2D eigenvalue weighted by molar-refractivity contribution is 0.639. The van der Waals surface area contributed by atoms with Crippen molar-refractivity contribution in [3.05, 3.63) is 75.3 Å². The second-order valence-corrected chi connectivity index (χ2v) is 8.60. The summed E-state index contributed by atoms with van der Waals surface area (Å²) in [6.07, 6.45) is 3.35. The number of fused-ring (bicyclic) bond motifs is 2. The summed E-state index contributed by atoms with van der Waals surface area (Å²) >= 11 is 2.99. The number of pyridine rings is 1. The lowest BCUT2D eigenvalue weighted by Gasteiger charge is -2.11. The van der Waals surface area contributed by atoms with Crippen LogP contribution in [0.25, 0.3) is 21.1 Å². The number of thioether (sulfide) groups is 1. The number of benzene rings is 1. The highest BCUT2D eigenvalue weighted by Gasteiger charge is 2.17. The van der Waals surface area contributed by atoms with Gasteiger partial charge >= 0.3 is 0 Å². The number of rotatable bonds is 5. The van der Waals surface area contributed by atoms with Gasteiger partial charge in [-0.3, -0.25) is 14.3 Å². The maximum atomic E-state index is 14.0. The third kappa shape index (κ3) is 3.14. The normalized spacial score (nSPS) is 11.4. The predicted octanol–water partition coefficient (Wildman–Crippen LogP) is 5.24. The number of aromatic nitrogens is 3. The molecule has 1 aromatic carbocycles. The second kappa shape index (κ2) is 7.48. The Hall–Kier alpha value is -2.51. The van der Waals surface area contributed by atoms with E-state index in [4.69, 9.17) is 4.98 Å². The SMILES string of the molecule is C=CCn1c(SCc2ccc(F)c3cccnc23)nc2sc(C)c(C)c2c1=O. The highest BCUT2D eigenvalue weighted by molar-refractivity contribution is 7.98. The van der Waals surface area contributed by atoms with Crippen molar-refractivity contribution in [1.82, 2.24) is 14.5 Å². The Labute approximate surface area is 169 Å². The molecule has 0 bridgehead atoms. The fourth-order valence-corrected chi connectivity index (χ4v) is 5.23. The minimum atomic E-state index is -0.288. The summed E-state index contributed by atoms with van der Waals surface area (Å²) in [6.45, 7) is 8.12. The van der Waals surface area contributed by atoms with Gasteiger partial charge in [-0.25, -0.2) is 9.37 Å². The summed E-state index contributed by atoms with van der Waals surface area (Å²) < 4.78 is 15.7. The van der Waals surface area contributed by atoms with Crippen molar-refractivity contribution in [2.45, 2.75) is 31.3 Å². The molecule has 7 heteroatoms. The Morgan fingerprint density at radius 3 is 2.93 bits per heavy atom. The van der Waals surface area contributed by atoms with Gasteiger partial charge in [-0.1, -0.05) is 23.9 Å². The van der Waals surface area contributed by atoms with E-state index < -0.39 is 0 Å². The molecule has 0 saturated carbocycles. The van der Waals surface area contributed by atoms with E-state index in [1.54, 1.807) is 35.0 Å². The van der Waals surface area contributed by atoms with E-state index in [1.165, 1.54) is 29.2 Å². The van der Waals surface area contributed by atoms with Crippen molar-refractivity contribution in [3.8, 4) is 0 Å². The molecule has 0 radical (unpaired) electrons. The smallest absolute Gasteiger partial charge is 0.263 e.